The number of carbonyl (C=O) groups is 1. The normalized spacial score (nSPS) is 15.6. The van der Waals surface area contributed by atoms with E-state index in [2.05, 4.69) is 10.0 Å². The Bertz CT molecular complexity index is 668. The minimum absolute atomic E-state index is 0.00291. The van der Waals surface area contributed by atoms with Crippen LogP contribution >= 0.6 is 0 Å². The average Bonchev–Trinajstić information content (AvgIpc) is 3.03. The SMILES string of the molecule is Cc1ccc(C(=O)NCCCCN)cc1S(=O)(=O)NC1CCCC1. The highest BCUT2D eigenvalue weighted by atomic mass is 32.2. The van der Waals surface area contributed by atoms with E-state index in [0.717, 1.165) is 38.5 Å². The second-order valence-electron chi connectivity index (χ2n) is 6.33. The van der Waals surface area contributed by atoms with Gasteiger partial charge >= 0.3 is 0 Å². The van der Waals surface area contributed by atoms with E-state index < -0.39 is 10.0 Å². The molecule has 1 aliphatic carbocycles. The number of hydrogen-bond donors (Lipinski definition) is 3. The summed E-state index contributed by atoms with van der Waals surface area (Å²) in [6, 6.07) is 4.80. The fourth-order valence-electron chi connectivity index (χ4n) is 2.93. The van der Waals surface area contributed by atoms with Crippen molar-refractivity contribution in [1.29, 1.82) is 0 Å². The number of hydrogen-bond acceptors (Lipinski definition) is 4. The summed E-state index contributed by atoms with van der Waals surface area (Å²) in [5.74, 6) is -0.260. The molecular weight excluding hydrogens is 326 g/mol. The van der Waals surface area contributed by atoms with Crippen molar-refractivity contribution in [3.05, 3.63) is 29.3 Å². The van der Waals surface area contributed by atoms with Crippen molar-refractivity contribution in [2.24, 2.45) is 5.73 Å². The molecule has 6 nitrogen and oxygen atoms in total. The Kier molecular flexibility index (Phi) is 6.77. The molecule has 1 aromatic rings. The van der Waals surface area contributed by atoms with Crippen LogP contribution in [0.4, 0.5) is 0 Å². The van der Waals surface area contributed by atoms with Gasteiger partial charge in [0.05, 0.1) is 4.90 Å². The zero-order chi connectivity index (χ0) is 17.6. The average molecular weight is 353 g/mol. The lowest BCUT2D eigenvalue weighted by Crippen LogP contribution is -2.33. The lowest BCUT2D eigenvalue weighted by molar-refractivity contribution is 0.0953. The second kappa shape index (κ2) is 8.60. The van der Waals surface area contributed by atoms with Crippen molar-refractivity contribution in [2.75, 3.05) is 13.1 Å². The lowest BCUT2D eigenvalue weighted by Gasteiger charge is -2.15. The van der Waals surface area contributed by atoms with Crippen LogP contribution < -0.4 is 15.8 Å². The van der Waals surface area contributed by atoms with Crippen LogP contribution in [0.3, 0.4) is 0 Å². The molecule has 1 amide bonds. The highest BCUT2D eigenvalue weighted by Crippen LogP contribution is 2.22. The van der Waals surface area contributed by atoms with E-state index in [4.69, 9.17) is 5.73 Å². The zero-order valence-electron chi connectivity index (χ0n) is 14.2. The third kappa shape index (κ3) is 5.03. The first kappa shape index (κ1) is 18.9. The first-order valence-corrected chi connectivity index (χ1v) is 10.0. The van der Waals surface area contributed by atoms with Gasteiger partial charge in [0.25, 0.3) is 5.91 Å². The molecule has 24 heavy (non-hydrogen) atoms. The summed E-state index contributed by atoms with van der Waals surface area (Å²) < 4.78 is 28.0. The van der Waals surface area contributed by atoms with Gasteiger partial charge < -0.3 is 11.1 Å². The van der Waals surface area contributed by atoms with Crippen molar-refractivity contribution in [1.82, 2.24) is 10.0 Å². The van der Waals surface area contributed by atoms with Gasteiger partial charge in [-0.15, -0.1) is 0 Å². The van der Waals surface area contributed by atoms with Crippen molar-refractivity contribution in [3.8, 4) is 0 Å². The summed E-state index contributed by atoms with van der Waals surface area (Å²) >= 11 is 0. The predicted octanol–water partition coefficient (Wildman–Crippen LogP) is 1.68. The van der Waals surface area contributed by atoms with E-state index in [1.807, 2.05) is 0 Å². The van der Waals surface area contributed by atoms with Gasteiger partial charge in [0.2, 0.25) is 10.0 Å². The molecule has 0 bridgehead atoms. The van der Waals surface area contributed by atoms with E-state index in [0.29, 0.717) is 24.2 Å². The monoisotopic (exact) mass is 353 g/mol. The second-order valence-corrected chi connectivity index (χ2v) is 8.02. The minimum Gasteiger partial charge on any atom is -0.352 e. The highest BCUT2D eigenvalue weighted by Gasteiger charge is 2.25. The van der Waals surface area contributed by atoms with Gasteiger partial charge in [-0.2, -0.15) is 0 Å². The maximum Gasteiger partial charge on any atom is 0.251 e. The van der Waals surface area contributed by atoms with Gasteiger partial charge in [0, 0.05) is 18.2 Å². The van der Waals surface area contributed by atoms with Crippen LogP contribution in [0.2, 0.25) is 0 Å². The molecule has 2 rings (SSSR count). The van der Waals surface area contributed by atoms with Crippen molar-refractivity contribution in [3.63, 3.8) is 0 Å². The zero-order valence-corrected chi connectivity index (χ0v) is 15.0. The Labute approximate surface area is 144 Å². The van der Waals surface area contributed by atoms with Gasteiger partial charge in [0.1, 0.15) is 0 Å². The van der Waals surface area contributed by atoms with Gasteiger partial charge in [-0.1, -0.05) is 18.9 Å². The molecule has 0 aliphatic heterocycles. The molecule has 1 aromatic carbocycles. The Morgan fingerprint density at radius 3 is 2.62 bits per heavy atom. The molecule has 0 aromatic heterocycles. The molecule has 0 radical (unpaired) electrons. The number of amides is 1. The van der Waals surface area contributed by atoms with E-state index in [1.54, 1.807) is 19.1 Å². The van der Waals surface area contributed by atoms with Crippen molar-refractivity contribution in [2.45, 2.75) is 56.4 Å². The number of unbranched alkanes of at least 4 members (excludes halogenated alkanes) is 1. The fraction of sp³-hybridized carbons (Fsp3) is 0.588. The van der Waals surface area contributed by atoms with Gasteiger partial charge in [0.15, 0.2) is 0 Å². The van der Waals surface area contributed by atoms with Gasteiger partial charge in [-0.05, 0) is 56.8 Å². The number of carbonyl (C=O) groups excluding carboxylic acids is 1. The number of sulfonamides is 1. The Morgan fingerprint density at radius 2 is 1.96 bits per heavy atom. The third-order valence-corrected chi connectivity index (χ3v) is 6.00. The largest absolute Gasteiger partial charge is 0.352 e. The first-order valence-electron chi connectivity index (χ1n) is 8.55. The summed E-state index contributed by atoms with van der Waals surface area (Å²) in [6.45, 7) is 2.87. The standard InChI is InChI=1S/C17H27N3O3S/c1-13-8-9-14(17(21)19-11-5-4-10-18)12-16(13)24(22,23)20-15-6-2-3-7-15/h8-9,12,15,20H,2-7,10-11,18H2,1H3,(H,19,21). The molecule has 0 spiro atoms. The van der Waals surface area contributed by atoms with Gasteiger partial charge in [-0.3, -0.25) is 4.79 Å². The summed E-state index contributed by atoms with van der Waals surface area (Å²) in [7, 11) is -3.61. The molecule has 1 aliphatic rings. The Balaban J connectivity index is 2.11. The molecule has 0 atom stereocenters. The molecule has 0 unspecified atom stereocenters. The van der Waals surface area contributed by atoms with E-state index in [1.165, 1.54) is 6.07 Å². The Hall–Kier alpha value is -1.44. The van der Waals surface area contributed by atoms with E-state index >= 15 is 0 Å². The van der Waals surface area contributed by atoms with E-state index in [-0.39, 0.29) is 16.8 Å². The molecule has 1 fully saturated rings. The smallest absolute Gasteiger partial charge is 0.251 e. The third-order valence-electron chi connectivity index (χ3n) is 4.33. The minimum atomic E-state index is -3.61. The fourth-order valence-corrected chi connectivity index (χ4v) is 4.51. The first-order chi connectivity index (χ1) is 11.4. The molecular formula is C17H27N3O3S. The molecule has 0 saturated heterocycles. The van der Waals surface area contributed by atoms with Crippen LogP contribution in [0, 0.1) is 6.92 Å². The van der Waals surface area contributed by atoms with Crippen molar-refractivity contribution >= 4 is 15.9 Å². The number of nitrogens with two attached hydrogens (primary N) is 1. The summed E-state index contributed by atoms with van der Waals surface area (Å²) in [5.41, 5.74) is 6.42. The van der Waals surface area contributed by atoms with Crippen LogP contribution in [0.1, 0.15) is 54.4 Å². The van der Waals surface area contributed by atoms with Gasteiger partial charge in [-0.25, -0.2) is 13.1 Å². The summed E-state index contributed by atoms with van der Waals surface area (Å²) in [6.07, 6.45) is 5.51. The highest BCUT2D eigenvalue weighted by molar-refractivity contribution is 7.89. The van der Waals surface area contributed by atoms with Crippen molar-refractivity contribution < 1.29 is 13.2 Å². The molecule has 4 N–H and O–H groups in total. The van der Waals surface area contributed by atoms with Crippen LogP contribution in [0.15, 0.2) is 23.1 Å². The van der Waals surface area contributed by atoms with E-state index in [9.17, 15) is 13.2 Å². The number of benzene rings is 1. The number of rotatable bonds is 8. The molecule has 7 heteroatoms. The van der Waals surface area contributed by atoms with Crippen LogP contribution in [0.25, 0.3) is 0 Å². The van der Waals surface area contributed by atoms with Crippen LogP contribution in [-0.4, -0.2) is 33.5 Å². The summed E-state index contributed by atoms with van der Waals surface area (Å²) in [4.78, 5) is 12.4. The molecule has 1 saturated carbocycles. The molecule has 0 heterocycles. The number of nitrogens with one attached hydrogen (secondary N) is 2. The maximum absolute atomic E-state index is 12.6. The maximum atomic E-state index is 12.6. The van der Waals surface area contributed by atoms with Crippen LogP contribution in [0.5, 0.6) is 0 Å². The predicted molar refractivity (Wildman–Crippen MR) is 94.4 cm³/mol. The summed E-state index contributed by atoms with van der Waals surface area (Å²) in [5, 5.41) is 2.80. The quantitative estimate of drug-likeness (QED) is 0.619. The number of aryl methyl sites for hydroxylation is 1. The topological polar surface area (TPSA) is 101 Å². The van der Waals surface area contributed by atoms with Crippen LogP contribution in [-0.2, 0) is 10.0 Å². The Morgan fingerprint density at radius 1 is 1.25 bits per heavy atom. The lowest BCUT2D eigenvalue weighted by atomic mass is 10.1. The molecule has 134 valence electrons.